The van der Waals surface area contributed by atoms with Gasteiger partial charge in [-0.15, -0.1) is 0 Å². The highest BCUT2D eigenvalue weighted by Crippen LogP contribution is 2.11. The van der Waals surface area contributed by atoms with Crippen molar-refractivity contribution in [1.29, 1.82) is 0 Å². The molecular formula is C34H49N7O9. The average Bonchev–Trinajstić information content (AvgIpc) is 3.04. The van der Waals surface area contributed by atoms with E-state index in [1.807, 2.05) is 0 Å². The van der Waals surface area contributed by atoms with E-state index < -0.39 is 84.4 Å². The second kappa shape index (κ2) is 20.5. The van der Waals surface area contributed by atoms with E-state index in [-0.39, 0.29) is 32.5 Å². The number of aliphatic hydroxyl groups is 1. The van der Waals surface area contributed by atoms with Crippen LogP contribution in [0.4, 0.5) is 4.79 Å². The van der Waals surface area contributed by atoms with E-state index in [1.54, 1.807) is 81.4 Å². The molecule has 0 bridgehead atoms. The number of carboxylic acid groups (broad SMARTS) is 1. The van der Waals surface area contributed by atoms with Crippen LogP contribution in [-0.2, 0) is 41.6 Å². The number of nitrogens with two attached hydrogens (primary N) is 2. The van der Waals surface area contributed by atoms with Crippen LogP contribution >= 0.6 is 0 Å². The Morgan fingerprint density at radius 1 is 0.780 bits per heavy atom. The molecule has 11 N–H and O–H groups in total. The number of amides is 5. The number of hydrogen-bond acceptors (Lipinski definition) is 10. The normalized spacial score (nSPS) is 14.2. The maximum Gasteiger partial charge on any atom is 0.408 e. The van der Waals surface area contributed by atoms with Crippen molar-refractivity contribution in [2.45, 2.75) is 82.3 Å². The third-order valence-electron chi connectivity index (χ3n) is 7.17. The summed E-state index contributed by atoms with van der Waals surface area (Å²) in [6, 6.07) is 12.8. The third-order valence-corrected chi connectivity index (χ3v) is 7.17. The van der Waals surface area contributed by atoms with Crippen LogP contribution in [0, 0.1) is 0 Å². The molecule has 0 aliphatic rings. The van der Waals surface area contributed by atoms with E-state index in [0.717, 1.165) is 11.1 Å². The third kappa shape index (κ3) is 15.9. The number of carboxylic acids is 1. The zero-order valence-corrected chi connectivity index (χ0v) is 28.5. The van der Waals surface area contributed by atoms with E-state index in [4.69, 9.17) is 16.2 Å². The number of primary amides is 1. The molecule has 0 fully saturated rings. The number of rotatable bonds is 20. The lowest BCUT2D eigenvalue weighted by molar-refractivity contribution is -0.140. The Hall–Kier alpha value is -5.06. The molecule has 16 heteroatoms. The van der Waals surface area contributed by atoms with Crippen molar-refractivity contribution in [3.8, 4) is 0 Å². The van der Waals surface area contributed by atoms with Crippen LogP contribution in [-0.4, -0.2) is 101 Å². The van der Waals surface area contributed by atoms with Crippen LogP contribution < -0.4 is 38.1 Å². The van der Waals surface area contributed by atoms with Crippen molar-refractivity contribution in [2.75, 3.05) is 19.6 Å². The van der Waals surface area contributed by atoms with Crippen molar-refractivity contribution in [1.82, 2.24) is 26.6 Å². The summed E-state index contributed by atoms with van der Waals surface area (Å²) in [7, 11) is 0. The molecule has 2 aromatic rings. The second-order valence-corrected chi connectivity index (χ2v) is 12.6. The number of hydrogen-bond donors (Lipinski definition) is 9. The number of nitrogens with one attached hydrogen (secondary N) is 5. The highest BCUT2D eigenvalue weighted by Gasteiger charge is 2.32. The van der Waals surface area contributed by atoms with Crippen LogP contribution in [0.3, 0.4) is 0 Å². The van der Waals surface area contributed by atoms with Crippen LogP contribution in [0.5, 0.6) is 0 Å². The smallest absolute Gasteiger partial charge is 0.408 e. The first-order valence-corrected chi connectivity index (χ1v) is 16.1. The summed E-state index contributed by atoms with van der Waals surface area (Å²) in [5, 5.41) is 33.8. The van der Waals surface area contributed by atoms with E-state index in [0.29, 0.717) is 0 Å². The zero-order chi connectivity index (χ0) is 37.3. The number of aliphatic carboxylic acids is 1. The van der Waals surface area contributed by atoms with Gasteiger partial charge in [-0.2, -0.15) is 0 Å². The van der Waals surface area contributed by atoms with Gasteiger partial charge in [0.1, 0.15) is 17.7 Å². The molecule has 2 rings (SSSR count). The number of aliphatic hydroxyl groups excluding tert-OH is 1. The Morgan fingerprint density at radius 3 is 1.86 bits per heavy atom. The molecule has 0 saturated carbocycles. The molecule has 50 heavy (non-hydrogen) atoms. The fraction of sp³-hybridized carbons (Fsp3) is 0.471. The van der Waals surface area contributed by atoms with Gasteiger partial charge in [0, 0.05) is 19.6 Å². The molecule has 16 nitrogen and oxygen atoms in total. The molecule has 0 aliphatic carbocycles. The lowest BCUT2D eigenvalue weighted by Crippen LogP contribution is -2.58. The van der Waals surface area contributed by atoms with Crippen molar-refractivity contribution < 1.29 is 43.7 Å². The molecular weight excluding hydrogens is 650 g/mol. The monoisotopic (exact) mass is 699 g/mol. The first-order chi connectivity index (χ1) is 23.6. The van der Waals surface area contributed by atoms with E-state index in [2.05, 4.69) is 26.6 Å². The van der Waals surface area contributed by atoms with Crippen molar-refractivity contribution in [3.63, 3.8) is 0 Å². The van der Waals surface area contributed by atoms with E-state index in [1.165, 1.54) is 0 Å². The molecule has 0 aliphatic heterocycles. The predicted molar refractivity (Wildman–Crippen MR) is 183 cm³/mol. The summed E-state index contributed by atoms with van der Waals surface area (Å²) in [6.07, 6.45) is -3.32. The van der Waals surface area contributed by atoms with E-state index in [9.17, 15) is 39.0 Å². The standard InChI is InChI=1S/C34H49N7O9/c1-34(2,3)50-33(49)41-26(19-29(44)45)32(48)39-23(16-21-10-6-4-7-11-21)27(42)20-38-25(17-22-12-8-5-9-13-22)31(47)40-24(30(36)46)18-28(43)37-15-14-35/h4-13,23-27,38,42H,14-20,35H2,1-3H3,(H2,36,46)(H,37,43)(H,39,48)(H,40,47)(H,41,49)(H,44,45)/t23-,24-,25-,26-,27?/m0/s1. The lowest BCUT2D eigenvalue weighted by atomic mass is 9.99. The Kier molecular flexibility index (Phi) is 16.8. The average molecular weight is 700 g/mol. The topological polar surface area (TPSA) is 264 Å². The van der Waals surface area contributed by atoms with Crippen LogP contribution in [0.15, 0.2) is 60.7 Å². The van der Waals surface area contributed by atoms with Gasteiger partial charge in [-0.05, 0) is 44.7 Å². The van der Waals surface area contributed by atoms with E-state index >= 15 is 0 Å². The van der Waals surface area contributed by atoms with Gasteiger partial charge < -0.3 is 53.0 Å². The molecule has 0 aromatic heterocycles. The summed E-state index contributed by atoms with van der Waals surface area (Å²) in [5.41, 5.74) is 11.4. The number of alkyl carbamates (subject to hydrolysis) is 1. The lowest BCUT2D eigenvalue weighted by Gasteiger charge is -2.29. The number of benzene rings is 2. The first-order valence-electron chi connectivity index (χ1n) is 16.1. The fourth-order valence-electron chi connectivity index (χ4n) is 4.75. The summed E-state index contributed by atoms with van der Waals surface area (Å²) in [5.74, 6) is -4.38. The Morgan fingerprint density at radius 2 is 1.34 bits per heavy atom. The minimum atomic E-state index is -1.54. The minimum Gasteiger partial charge on any atom is -0.481 e. The van der Waals surface area contributed by atoms with Crippen molar-refractivity contribution >= 4 is 35.7 Å². The quantitative estimate of drug-likeness (QED) is 0.0816. The number of carbonyl (C=O) groups is 6. The van der Waals surface area contributed by atoms with Crippen molar-refractivity contribution in [2.24, 2.45) is 11.5 Å². The SMILES string of the molecule is CC(C)(C)OC(=O)N[C@@H](CC(=O)O)C(=O)N[C@@H](Cc1ccccc1)C(O)CN[C@@H](Cc1ccccc1)C(=O)N[C@@H](CC(=O)NCCN)C(N)=O. The summed E-state index contributed by atoms with van der Waals surface area (Å²) in [6.45, 7) is 4.91. The molecule has 0 saturated heterocycles. The number of carbonyl (C=O) groups excluding carboxylic acids is 5. The van der Waals surface area contributed by atoms with Crippen molar-refractivity contribution in [3.05, 3.63) is 71.8 Å². The Labute approximate surface area is 291 Å². The molecule has 2 aromatic carbocycles. The first kappa shape index (κ1) is 41.1. The fourth-order valence-corrected chi connectivity index (χ4v) is 4.75. The summed E-state index contributed by atoms with van der Waals surface area (Å²) in [4.78, 5) is 75.3. The molecule has 0 radical (unpaired) electrons. The van der Waals surface area contributed by atoms with Gasteiger partial charge in [-0.25, -0.2) is 4.79 Å². The minimum absolute atomic E-state index is 0.0961. The van der Waals surface area contributed by atoms with Gasteiger partial charge in [0.15, 0.2) is 0 Å². The highest BCUT2D eigenvalue weighted by atomic mass is 16.6. The van der Waals surface area contributed by atoms with Gasteiger partial charge in [-0.1, -0.05) is 60.7 Å². The van der Waals surface area contributed by atoms with Crippen LogP contribution in [0.2, 0.25) is 0 Å². The summed E-state index contributed by atoms with van der Waals surface area (Å²) >= 11 is 0. The van der Waals surface area contributed by atoms with Crippen LogP contribution in [0.1, 0.15) is 44.7 Å². The molecule has 1 unspecified atom stereocenters. The van der Waals surface area contributed by atoms with Gasteiger partial charge in [-0.3, -0.25) is 24.0 Å². The Bertz CT molecular complexity index is 1420. The highest BCUT2D eigenvalue weighted by molar-refractivity contribution is 5.93. The summed E-state index contributed by atoms with van der Waals surface area (Å²) < 4.78 is 5.19. The Balaban J connectivity index is 2.29. The number of ether oxygens (including phenoxy) is 1. The molecule has 0 spiro atoms. The maximum atomic E-state index is 13.5. The molecule has 5 amide bonds. The maximum absolute atomic E-state index is 13.5. The van der Waals surface area contributed by atoms with Gasteiger partial charge in [0.05, 0.1) is 31.0 Å². The van der Waals surface area contributed by atoms with Crippen LogP contribution in [0.25, 0.3) is 0 Å². The zero-order valence-electron chi connectivity index (χ0n) is 28.5. The van der Waals surface area contributed by atoms with Gasteiger partial charge >= 0.3 is 12.1 Å². The largest absolute Gasteiger partial charge is 0.481 e. The molecule has 274 valence electrons. The molecule has 0 heterocycles. The second-order valence-electron chi connectivity index (χ2n) is 12.6. The molecule has 5 atom stereocenters. The predicted octanol–water partition coefficient (Wildman–Crippen LogP) is -0.921. The van der Waals surface area contributed by atoms with Gasteiger partial charge in [0.2, 0.25) is 23.6 Å². The van der Waals surface area contributed by atoms with Gasteiger partial charge in [0.25, 0.3) is 0 Å².